The van der Waals surface area contributed by atoms with Crippen molar-refractivity contribution in [3.8, 4) is 5.75 Å². The van der Waals surface area contributed by atoms with Crippen LogP contribution < -0.4 is 4.74 Å². The van der Waals surface area contributed by atoms with E-state index in [1.165, 1.54) is 18.2 Å². The van der Waals surface area contributed by atoms with E-state index in [4.69, 9.17) is 4.74 Å². The standard InChI is InChI=1S/C12H12BrN3O/c1-17-11-4-2-9(6-10(11)13)3-5-12-15-7-14-8-16-12/h2,4,6-8H,3,5H2,1H3. The minimum Gasteiger partial charge on any atom is -0.496 e. The smallest absolute Gasteiger partial charge is 0.133 e. The molecule has 88 valence electrons. The second kappa shape index (κ2) is 5.72. The molecule has 1 aromatic heterocycles. The fraction of sp³-hybridized carbons (Fsp3) is 0.250. The Bertz CT molecular complexity index is 490. The number of aromatic nitrogens is 3. The predicted molar refractivity (Wildman–Crippen MR) is 67.9 cm³/mol. The fourth-order valence-electron chi connectivity index (χ4n) is 1.51. The highest BCUT2D eigenvalue weighted by atomic mass is 79.9. The molecule has 0 bridgehead atoms. The Hall–Kier alpha value is -1.49. The van der Waals surface area contributed by atoms with Gasteiger partial charge in [-0.15, -0.1) is 0 Å². The summed E-state index contributed by atoms with van der Waals surface area (Å²) in [6.07, 6.45) is 4.74. The van der Waals surface area contributed by atoms with Crippen molar-refractivity contribution in [2.75, 3.05) is 7.11 Å². The maximum absolute atomic E-state index is 5.18. The molecule has 0 unspecified atom stereocenters. The van der Waals surface area contributed by atoms with Gasteiger partial charge >= 0.3 is 0 Å². The predicted octanol–water partition coefficient (Wildman–Crippen LogP) is 2.43. The van der Waals surface area contributed by atoms with E-state index in [0.717, 1.165) is 28.9 Å². The van der Waals surface area contributed by atoms with Crippen LogP contribution in [0.15, 0.2) is 35.3 Å². The Morgan fingerprint density at radius 2 is 1.94 bits per heavy atom. The number of methoxy groups -OCH3 is 1. The van der Waals surface area contributed by atoms with Crippen LogP contribution in [0.25, 0.3) is 0 Å². The average molecular weight is 294 g/mol. The first-order valence-corrected chi connectivity index (χ1v) is 6.02. The molecule has 0 saturated heterocycles. The molecule has 0 atom stereocenters. The highest BCUT2D eigenvalue weighted by Crippen LogP contribution is 2.25. The van der Waals surface area contributed by atoms with Crippen LogP contribution in [-0.2, 0) is 12.8 Å². The maximum atomic E-state index is 5.18. The largest absolute Gasteiger partial charge is 0.496 e. The molecule has 5 heteroatoms. The second-order valence-electron chi connectivity index (χ2n) is 3.52. The molecule has 0 aliphatic carbocycles. The first kappa shape index (κ1) is 12.0. The lowest BCUT2D eigenvalue weighted by atomic mass is 10.1. The zero-order valence-corrected chi connectivity index (χ0v) is 11.0. The summed E-state index contributed by atoms with van der Waals surface area (Å²) >= 11 is 3.47. The third-order valence-corrected chi connectivity index (χ3v) is 3.02. The first-order valence-electron chi connectivity index (χ1n) is 5.23. The van der Waals surface area contributed by atoms with Crippen LogP contribution >= 0.6 is 15.9 Å². The number of benzene rings is 1. The molecule has 0 fully saturated rings. The molecular formula is C12H12BrN3O. The van der Waals surface area contributed by atoms with Gasteiger partial charge in [-0.3, -0.25) is 0 Å². The van der Waals surface area contributed by atoms with Crippen molar-refractivity contribution in [1.82, 2.24) is 15.0 Å². The van der Waals surface area contributed by atoms with Gasteiger partial charge in [0.1, 0.15) is 24.2 Å². The van der Waals surface area contributed by atoms with Crippen molar-refractivity contribution in [2.24, 2.45) is 0 Å². The lowest BCUT2D eigenvalue weighted by molar-refractivity contribution is 0.412. The number of nitrogens with zero attached hydrogens (tertiary/aromatic N) is 3. The highest BCUT2D eigenvalue weighted by Gasteiger charge is 2.02. The van der Waals surface area contributed by atoms with Gasteiger partial charge in [-0.1, -0.05) is 6.07 Å². The molecule has 2 rings (SSSR count). The van der Waals surface area contributed by atoms with E-state index in [2.05, 4.69) is 36.9 Å². The van der Waals surface area contributed by atoms with Crippen LogP contribution in [0.5, 0.6) is 5.75 Å². The second-order valence-corrected chi connectivity index (χ2v) is 4.38. The number of hydrogen-bond acceptors (Lipinski definition) is 4. The summed E-state index contributed by atoms with van der Waals surface area (Å²) in [4.78, 5) is 12.0. The molecule has 17 heavy (non-hydrogen) atoms. The van der Waals surface area contributed by atoms with Gasteiger partial charge in [-0.2, -0.15) is 0 Å². The Balaban J connectivity index is 2.02. The minimum absolute atomic E-state index is 0.807. The molecule has 0 N–H and O–H groups in total. The van der Waals surface area contributed by atoms with Crippen LogP contribution in [-0.4, -0.2) is 22.1 Å². The SMILES string of the molecule is COc1ccc(CCc2ncncn2)cc1Br. The van der Waals surface area contributed by atoms with E-state index in [9.17, 15) is 0 Å². The summed E-state index contributed by atoms with van der Waals surface area (Å²) in [5.74, 6) is 1.65. The monoisotopic (exact) mass is 293 g/mol. The quantitative estimate of drug-likeness (QED) is 0.869. The van der Waals surface area contributed by atoms with Crippen molar-refractivity contribution in [3.63, 3.8) is 0 Å². The van der Waals surface area contributed by atoms with E-state index in [1.54, 1.807) is 7.11 Å². The van der Waals surface area contributed by atoms with Gasteiger partial charge in [0.25, 0.3) is 0 Å². The van der Waals surface area contributed by atoms with Crippen molar-refractivity contribution in [2.45, 2.75) is 12.8 Å². The Morgan fingerprint density at radius 3 is 2.59 bits per heavy atom. The Labute approximate surface area is 108 Å². The molecule has 4 nitrogen and oxygen atoms in total. The van der Waals surface area contributed by atoms with Crippen molar-refractivity contribution in [3.05, 3.63) is 46.7 Å². The summed E-state index contributed by atoms with van der Waals surface area (Å²) < 4.78 is 6.15. The molecule has 1 aromatic carbocycles. The van der Waals surface area contributed by atoms with Crippen LogP contribution in [0.2, 0.25) is 0 Å². The summed E-state index contributed by atoms with van der Waals surface area (Å²) in [6, 6.07) is 6.05. The summed E-state index contributed by atoms with van der Waals surface area (Å²) in [7, 11) is 1.66. The number of aryl methyl sites for hydroxylation is 2. The van der Waals surface area contributed by atoms with Gasteiger partial charge in [0, 0.05) is 6.42 Å². The fourth-order valence-corrected chi connectivity index (χ4v) is 2.10. The highest BCUT2D eigenvalue weighted by molar-refractivity contribution is 9.10. The van der Waals surface area contributed by atoms with E-state index >= 15 is 0 Å². The van der Waals surface area contributed by atoms with Crippen LogP contribution in [0.3, 0.4) is 0 Å². The van der Waals surface area contributed by atoms with Gasteiger partial charge in [-0.25, -0.2) is 15.0 Å². The van der Waals surface area contributed by atoms with Crippen LogP contribution in [0.1, 0.15) is 11.4 Å². The van der Waals surface area contributed by atoms with Gasteiger partial charge in [0.05, 0.1) is 11.6 Å². The number of rotatable bonds is 4. The van der Waals surface area contributed by atoms with Crippen molar-refractivity contribution >= 4 is 15.9 Å². The zero-order chi connectivity index (χ0) is 12.1. The molecule has 2 aromatic rings. The topological polar surface area (TPSA) is 47.9 Å². The van der Waals surface area contributed by atoms with Gasteiger partial charge in [0.15, 0.2) is 0 Å². The Kier molecular flexibility index (Phi) is 4.03. The number of ether oxygens (including phenoxy) is 1. The van der Waals surface area contributed by atoms with Crippen molar-refractivity contribution in [1.29, 1.82) is 0 Å². The molecule has 1 heterocycles. The number of hydrogen-bond donors (Lipinski definition) is 0. The molecule has 0 saturated carbocycles. The summed E-state index contributed by atoms with van der Waals surface area (Å²) in [6.45, 7) is 0. The molecule has 0 amide bonds. The molecule has 0 radical (unpaired) electrons. The average Bonchev–Trinajstić information content (AvgIpc) is 2.38. The van der Waals surface area contributed by atoms with Gasteiger partial charge < -0.3 is 4.74 Å². The summed E-state index contributed by atoms with van der Waals surface area (Å²) in [5, 5.41) is 0. The Morgan fingerprint density at radius 1 is 1.18 bits per heavy atom. The minimum atomic E-state index is 0.807. The van der Waals surface area contributed by atoms with E-state index in [0.29, 0.717) is 0 Å². The third-order valence-electron chi connectivity index (χ3n) is 2.40. The third kappa shape index (κ3) is 3.23. The van der Waals surface area contributed by atoms with E-state index < -0.39 is 0 Å². The van der Waals surface area contributed by atoms with E-state index in [-0.39, 0.29) is 0 Å². The first-order chi connectivity index (χ1) is 8.29. The van der Waals surface area contributed by atoms with Crippen molar-refractivity contribution < 1.29 is 4.74 Å². The molecule has 0 spiro atoms. The zero-order valence-electron chi connectivity index (χ0n) is 9.43. The molecule has 0 aliphatic rings. The summed E-state index contributed by atoms with van der Waals surface area (Å²) in [5.41, 5.74) is 1.22. The maximum Gasteiger partial charge on any atom is 0.133 e. The van der Waals surface area contributed by atoms with Gasteiger partial charge in [-0.05, 0) is 40.0 Å². The number of halogens is 1. The normalized spacial score (nSPS) is 10.2. The van der Waals surface area contributed by atoms with Gasteiger partial charge in [0.2, 0.25) is 0 Å². The molecule has 0 aliphatic heterocycles. The van der Waals surface area contributed by atoms with E-state index in [1.807, 2.05) is 12.1 Å². The lowest BCUT2D eigenvalue weighted by Gasteiger charge is -2.05. The molecular weight excluding hydrogens is 282 g/mol. The van der Waals surface area contributed by atoms with Crippen LogP contribution in [0.4, 0.5) is 0 Å². The van der Waals surface area contributed by atoms with Crippen LogP contribution in [0, 0.1) is 0 Å². The lowest BCUT2D eigenvalue weighted by Crippen LogP contribution is -1.98.